The molecule has 3 rings (SSSR count). The maximum absolute atomic E-state index is 12.6. The molecule has 0 radical (unpaired) electrons. The second-order valence-corrected chi connectivity index (χ2v) is 8.71. The zero-order chi connectivity index (χ0) is 17.3. The molecule has 0 aromatic carbocycles. The zero-order valence-electron chi connectivity index (χ0n) is 13.5. The minimum absolute atomic E-state index is 0. The zero-order valence-corrected chi connectivity index (χ0v) is 16.0. The van der Waals surface area contributed by atoms with Crippen LogP contribution in [0.4, 0.5) is 0 Å². The summed E-state index contributed by atoms with van der Waals surface area (Å²) in [6, 6.07) is 1.34. The molecule has 0 saturated carbocycles. The molecule has 140 valence electrons. The number of nitrogens with two attached hydrogens (primary N) is 1. The van der Waals surface area contributed by atoms with Crippen molar-refractivity contribution in [2.24, 2.45) is 5.14 Å². The number of piperazine rings is 1. The van der Waals surface area contributed by atoms with Gasteiger partial charge in [0.05, 0.1) is 12.1 Å². The number of likely N-dealkylation sites (tertiary alicyclic amines) is 1. The van der Waals surface area contributed by atoms with Crippen molar-refractivity contribution in [2.75, 3.05) is 32.7 Å². The van der Waals surface area contributed by atoms with Gasteiger partial charge in [-0.05, 0) is 18.9 Å². The average molecular weight is 409 g/mol. The van der Waals surface area contributed by atoms with Gasteiger partial charge in [0.2, 0.25) is 15.9 Å². The van der Waals surface area contributed by atoms with Crippen LogP contribution in [0, 0.1) is 0 Å². The number of nitrogens with one attached hydrogen (secondary N) is 1. The summed E-state index contributed by atoms with van der Waals surface area (Å²) in [7, 11) is -3.79. The number of sulfonamides is 1. The lowest BCUT2D eigenvalue weighted by Crippen LogP contribution is -2.57. The van der Waals surface area contributed by atoms with E-state index in [1.807, 2.05) is 4.90 Å². The summed E-state index contributed by atoms with van der Waals surface area (Å²) in [6.07, 6.45) is 1.70. The molecule has 0 bridgehead atoms. The molecule has 1 aromatic rings. The highest BCUT2D eigenvalue weighted by Gasteiger charge is 2.32. The normalized spacial score (nSPS) is 21.8. The molecular formula is C14H21ClN4O4S2. The van der Waals surface area contributed by atoms with Crippen molar-refractivity contribution in [3.63, 3.8) is 0 Å². The maximum atomic E-state index is 12.6. The van der Waals surface area contributed by atoms with Gasteiger partial charge < -0.3 is 15.1 Å². The highest BCUT2D eigenvalue weighted by molar-refractivity contribution is 7.91. The molecule has 1 unspecified atom stereocenters. The van der Waals surface area contributed by atoms with Gasteiger partial charge in [-0.15, -0.1) is 23.7 Å². The van der Waals surface area contributed by atoms with E-state index in [1.165, 1.54) is 11.4 Å². The van der Waals surface area contributed by atoms with Crippen LogP contribution in [0.25, 0.3) is 0 Å². The summed E-state index contributed by atoms with van der Waals surface area (Å²) < 4.78 is 22.7. The molecule has 2 saturated heterocycles. The Bertz CT molecular complexity index is 752. The van der Waals surface area contributed by atoms with Gasteiger partial charge in [0.1, 0.15) is 4.21 Å². The number of amides is 2. The number of thiophene rings is 1. The molecule has 0 spiro atoms. The third kappa shape index (κ3) is 4.50. The van der Waals surface area contributed by atoms with Crippen molar-refractivity contribution >= 4 is 45.6 Å². The molecule has 11 heteroatoms. The average Bonchev–Trinajstić information content (AvgIpc) is 3.05. The number of halogens is 1. The minimum atomic E-state index is -3.79. The van der Waals surface area contributed by atoms with Gasteiger partial charge in [-0.2, -0.15) is 0 Å². The molecule has 2 fully saturated rings. The molecule has 2 aliphatic rings. The minimum Gasteiger partial charge on any atom is -0.337 e. The third-order valence-corrected chi connectivity index (χ3v) is 6.74. The fourth-order valence-corrected chi connectivity index (χ4v) is 4.74. The summed E-state index contributed by atoms with van der Waals surface area (Å²) in [5.41, 5.74) is 0.330. The summed E-state index contributed by atoms with van der Waals surface area (Å²) in [5, 5.41) is 9.65. The van der Waals surface area contributed by atoms with Crippen molar-refractivity contribution < 1.29 is 18.0 Å². The Hall–Kier alpha value is -1.20. The van der Waals surface area contributed by atoms with Crippen LogP contribution in [-0.4, -0.2) is 68.8 Å². The molecule has 1 atom stereocenters. The summed E-state index contributed by atoms with van der Waals surface area (Å²) in [4.78, 5) is 28.2. The van der Waals surface area contributed by atoms with E-state index < -0.39 is 10.0 Å². The number of hydrogen-bond donors (Lipinski definition) is 2. The second-order valence-electron chi connectivity index (χ2n) is 6.01. The van der Waals surface area contributed by atoms with Crippen LogP contribution in [0.15, 0.2) is 15.7 Å². The van der Waals surface area contributed by atoms with Gasteiger partial charge in [-0.1, -0.05) is 0 Å². The largest absolute Gasteiger partial charge is 0.337 e. The number of hydrogen-bond acceptors (Lipinski definition) is 6. The number of carbonyl (C=O) groups excluding carboxylic acids is 2. The van der Waals surface area contributed by atoms with Crippen molar-refractivity contribution in [2.45, 2.75) is 23.1 Å². The molecule has 2 aliphatic heterocycles. The second kappa shape index (κ2) is 8.00. The predicted molar refractivity (Wildman–Crippen MR) is 96.4 cm³/mol. The van der Waals surface area contributed by atoms with E-state index in [-0.39, 0.29) is 34.5 Å². The van der Waals surface area contributed by atoms with Crippen LogP contribution in [0.3, 0.4) is 0 Å². The monoisotopic (exact) mass is 408 g/mol. The van der Waals surface area contributed by atoms with E-state index in [0.29, 0.717) is 31.7 Å². The smallest absolute Gasteiger partial charge is 0.254 e. The molecule has 2 amide bonds. The number of nitrogens with zero attached hydrogens (tertiary/aromatic N) is 2. The van der Waals surface area contributed by atoms with Gasteiger partial charge in [0, 0.05) is 37.6 Å². The molecule has 0 aliphatic carbocycles. The van der Waals surface area contributed by atoms with Crippen LogP contribution in [0.5, 0.6) is 0 Å². The van der Waals surface area contributed by atoms with Gasteiger partial charge in [0.25, 0.3) is 5.91 Å². The fourth-order valence-electron chi connectivity index (χ4n) is 3.16. The lowest BCUT2D eigenvalue weighted by Gasteiger charge is -2.41. The molecule has 25 heavy (non-hydrogen) atoms. The van der Waals surface area contributed by atoms with Gasteiger partial charge >= 0.3 is 0 Å². The molecule has 3 N–H and O–H groups in total. The molecular weight excluding hydrogens is 388 g/mol. The Morgan fingerprint density at radius 2 is 2.12 bits per heavy atom. The fraction of sp³-hybridized carbons (Fsp3) is 0.571. The van der Waals surface area contributed by atoms with E-state index in [9.17, 15) is 18.0 Å². The summed E-state index contributed by atoms with van der Waals surface area (Å²) in [5.74, 6) is -0.152. The van der Waals surface area contributed by atoms with Crippen LogP contribution < -0.4 is 10.5 Å². The summed E-state index contributed by atoms with van der Waals surface area (Å²) >= 11 is 0.945. The highest BCUT2D eigenvalue weighted by atomic mass is 35.5. The lowest BCUT2D eigenvalue weighted by molar-refractivity contribution is -0.135. The van der Waals surface area contributed by atoms with Crippen molar-refractivity contribution in [1.29, 1.82) is 0 Å². The van der Waals surface area contributed by atoms with Gasteiger partial charge in [-0.3, -0.25) is 9.59 Å². The van der Waals surface area contributed by atoms with Crippen LogP contribution in [0.1, 0.15) is 23.2 Å². The van der Waals surface area contributed by atoms with Crippen molar-refractivity contribution in [3.8, 4) is 0 Å². The Labute approximate surface area is 156 Å². The van der Waals surface area contributed by atoms with E-state index in [0.717, 1.165) is 30.7 Å². The first-order valence-corrected chi connectivity index (χ1v) is 10.2. The Kier molecular flexibility index (Phi) is 6.44. The quantitative estimate of drug-likeness (QED) is 0.722. The maximum Gasteiger partial charge on any atom is 0.254 e. The number of rotatable bonds is 3. The predicted octanol–water partition coefficient (Wildman–Crippen LogP) is -0.146. The number of primary sulfonamides is 1. The Morgan fingerprint density at radius 1 is 1.36 bits per heavy atom. The van der Waals surface area contributed by atoms with E-state index >= 15 is 0 Å². The van der Waals surface area contributed by atoms with Crippen LogP contribution in [-0.2, 0) is 14.8 Å². The highest BCUT2D eigenvalue weighted by Crippen LogP contribution is 2.23. The topological polar surface area (TPSA) is 113 Å². The molecule has 3 heterocycles. The van der Waals surface area contributed by atoms with Crippen LogP contribution in [0.2, 0.25) is 0 Å². The Morgan fingerprint density at radius 3 is 2.76 bits per heavy atom. The lowest BCUT2D eigenvalue weighted by atomic mass is 10.0. The molecule has 8 nitrogen and oxygen atoms in total. The standard InChI is InChI=1S/C14H20N4O4S2.ClH/c15-24(21,22)13-6-10(9-23-13)14(20)17-4-1-2-11(8-17)18-5-3-16-7-12(18)19;/h6,9,11,16H,1-5,7-8H2,(H2,15,21,22);1H. The molecule has 1 aromatic heterocycles. The van der Waals surface area contributed by atoms with E-state index in [1.54, 1.807) is 4.90 Å². The van der Waals surface area contributed by atoms with Crippen molar-refractivity contribution in [1.82, 2.24) is 15.1 Å². The van der Waals surface area contributed by atoms with Gasteiger partial charge in [0.15, 0.2) is 0 Å². The number of piperidine rings is 1. The first kappa shape index (κ1) is 20.1. The SMILES string of the molecule is Cl.NS(=O)(=O)c1cc(C(=O)N2CCCC(N3CCNCC3=O)C2)cs1. The first-order valence-electron chi connectivity index (χ1n) is 7.77. The van der Waals surface area contributed by atoms with E-state index in [2.05, 4.69) is 5.32 Å². The first-order chi connectivity index (χ1) is 11.4. The van der Waals surface area contributed by atoms with Crippen LogP contribution >= 0.6 is 23.7 Å². The third-order valence-electron chi connectivity index (χ3n) is 4.35. The van der Waals surface area contributed by atoms with E-state index in [4.69, 9.17) is 5.14 Å². The van der Waals surface area contributed by atoms with Crippen molar-refractivity contribution in [3.05, 3.63) is 17.0 Å². The number of carbonyl (C=O) groups is 2. The van der Waals surface area contributed by atoms with Gasteiger partial charge in [-0.25, -0.2) is 13.6 Å². The summed E-state index contributed by atoms with van der Waals surface area (Å²) in [6.45, 7) is 2.84. The Balaban J connectivity index is 0.00000225.